The number of ether oxygens (including phenoxy) is 1. The number of carbonyl (C=O) groups excluding carboxylic acids is 1. The highest BCUT2D eigenvalue weighted by molar-refractivity contribution is 5.92. The Morgan fingerprint density at radius 3 is 2.58 bits per heavy atom. The van der Waals surface area contributed by atoms with E-state index in [1.807, 2.05) is 0 Å². The van der Waals surface area contributed by atoms with Gasteiger partial charge in [0, 0.05) is 30.6 Å². The van der Waals surface area contributed by atoms with E-state index < -0.39 is 17.2 Å². The summed E-state index contributed by atoms with van der Waals surface area (Å²) in [4.78, 5) is 29.1. The van der Waals surface area contributed by atoms with Crippen LogP contribution in [0.15, 0.2) is 77.7 Å². The molecule has 4 rings (SSSR count). The lowest BCUT2D eigenvalue weighted by Crippen LogP contribution is -2.31. The van der Waals surface area contributed by atoms with Crippen LogP contribution < -0.4 is 15.5 Å². The Kier molecular flexibility index (Phi) is 6.21. The molecular formula is C24H18F2N4O3. The first-order chi connectivity index (χ1) is 15.9. The van der Waals surface area contributed by atoms with Crippen molar-refractivity contribution in [2.45, 2.75) is 13.5 Å². The van der Waals surface area contributed by atoms with Gasteiger partial charge in [0.2, 0.25) is 11.3 Å². The lowest BCUT2D eigenvalue weighted by atomic mass is 10.2. The topological polar surface area (TPSA) is 86.1 Å². The van der Waals surface area contributed by atoms with E-state index >= 15 is 0 Å². The van der Waals surface area contributed by atoms with Crippen molar-refractivity contribution in [3.8, 4) is 17.3 Å². The second kappa shape index (κ2) is 9.39. The molecule has 0 bridgehead atoms. The molecule has 0 saturated carbocycles. The van der Waals surface area contributed by atoms with Crippen molar-refractivity contribution in [1.29, 1.82) is 0 Å². The summed E-state index contributed by atoms with van der Waals surface area (Å²) in [6.07, 6.45) is 1.50. The fourth-order valence-corrected chi connectivity index (χ4v) is 3.08. The van der Waals surface area contributed by atoms with Gasteiger partial charge in [-0.3, -0.25) is 9.59 Å². The summed E-state index contributed by atoms with van der Waals surface area (Å²) in [5.41, 5.74) is 0.226. The van der Waals surface area contributed by atoms with Crippen molar-refractivity contribution in [3.05, 3.63) is 112 Å². The first-order valence-corrected chi connectivity index (χ1v) is 9.93. The van der Waals surface area contributed by atoms with Crippen LogP contribution in [-0.4, -0.2) is 20.7 Å². The van der Waals surface area contributed by atoms with Gasteiger partial charge in [-0.15, -0.1) is 0 Å². The smallest absolute Gasteiger partial charge is 0.276 e. The van der Waals surface area contributed by atoms with Gasteiger partial charge in [0.1, 0.15) is 23.1 Å². The molecule has 2 heterocycles. The van der Waals surface area contributed by atoms with Crippen LogP contribution in [-0.2, 0) is 6.54 Å². The lowest BCUT2D eigenvalue weighted by Gasteiger charge is -2.12. The van der Waals surface area contributed by atoms with Crippen molar-refractivity contribution < 1.29 is 18.3 Å². The Labute approximate surface area is 187 Å². The second-order valence-electron chi connectivity index (χ2n) is 7.10. The molecule has 0 fully saturated rings. The van der Waals surface area contributed by atoms with Crippen LogP contribution in [0.3, 0.4) is 0 Å². The molecule has 9 heteroatoms. The van der Waals surface area contributed by atoms with Gasteiger partial charge in [-0.2, -0.15) is 5.10 Å². The molecule has 2 aromatic carbocycles. The Bertz CT molecular complexity index is 1370. The van der Waals surface area contributed by atoms with E-state index in [9.17, 15) is 18.4 Å². The molecule has 166 valence electrons. The molecule has 0 aliphatic heterocycles. The number of halogens is 2. The number of aryl methyl sites for hydroxylation is 1. The number of nitrogens with one attached hydrogen (secondary N) is 1. The fraction of sp³-hybridized carbons (Fsp3) is 0.0833. The Balaban J connectivity index is 1.50. The summed E-state index contributed by atoms with van der Waals surface area (Å²) < 4.78 is 34.0. The first kappa shape index (κ1) is 21.8. The van der Waals surface area contributed by atoms with Gasteiger partial charge >= 0.3 is 0 Å². The van der Waals surface area contributed by atoms with Crippen molar-refractivity contribution in [2.24, 2.45) is 0 Å². The maximum atomic E-state index is 14.2. The molecule has 0 atom stereocenters. The maximum Gasteiger partial charge on any atom is 0.276 e. The van der Waals surface area contributed by atoms with E-state index in [1.165, 1.54) is 59.4 Å². The van der Waals surface area contributed by atoms with E-state index in [2.05, 4.69) is 15.4 Å². The number of nitrogens with zero attached hydrogens (tertiary/aromatic N) is 3. The molecular weight excluding hydrogens is 430 g/mol. The SMILES string of the molecule is Cc1cc(=O)c(C(=O)NCc2ccnc(Oc3ccc(F)cc3)c2)nn1-c1ccccc1F. The Morgan fingerprint density at radius 1 is 1.06 bits per heavy atom. The third-order valence-electron chi connectivity index (χ3n) is 4.69. The summed E-state index contributed by atoms with van der Waals surface area (Å²) in [7, 11) is 0. The highest BCUT2D eigenvalue weighted by Gasteiger charge is 2.16. The number of pyridine rings is 1. The minimum Gasteiger partial charge on any atom is -0.439 e. The van der Waals surface area contributed by atoms with Gasteiger partial charge in [-0.05, 0) is 55.0 Å². The van der Waals surface area contributed by atoms with Crippen LogP contribution in [0.1, 0.15) is 21.7 Å². The zero-order chi connectivity index (χ0) is 23.4. The van der Waals surface area contributed by atoms with Gasteiger partial charge in [0.25, 0.3) is 5.91 Å². The van der Waals surface area contributed by atoms with Gasteiger partial charge in [0.05, 0.1) is 0 Å². The number of hydrogen-bond acceptors (Lipinski definition) is 5. The average Bonchev–Trinajstić information content (AvgIpc) is 2.80. The van der Waals surface area contributed by atoms with Crippen molar-refractivity contribution >= 4 is 5.91 Å². The van der Waals surface area contributed by atoms with Crippen molar-refractivity contribution in [2.75, 3.05) is 0 Å². The molecule has 7 nitrogen and oxygen atoms in total. The molecule has 0 aliphatic rings. The largest absolute Gasteiger partial charge is 0.439 e. The van der Waals surface area contributed by atoms with Crippen molar-refractivity contribution in [3.63, 3.8) is 0 Å². The van der Waals surface area contributed by atoms with Crippen LogP contribution in [0.4, 0.5) is 8.78 Å². The van der Waals surface area contributed by atoms with Crippen LogP contribution in [0.5, 0.6) is 11.6 Å². The van der Waals surface area contributed by atoms with E-state index in [4.69, 9.17) is 4.74 Å². The Morgan fingerprint density at radius 2 is 1.82 bits per heavy atom. The minimum atomic E-state index is -0.706. The highest BCUT2D eigenvalue weighted by Crippen LogP contribution is 2.20. The zero-order valence-corrected chi connectivity index (χ0v) is 17.5. The second-order valence-corrected chi connectivity index (χ2v) is 7.10. The normalized spacial score (nSPS) is 10.6. The minimum absolute atomic E-state index is 0.0653. The van der Waals surface area contributed by atoms with E-state index in [0.29, 0.717) is 17.0 Å². The van der Waals surface area contributed by atoms with Crippen LogP contribution >= 0.6 is 0 Å². The van der Waals surface area contributed by atoms with Gasteiger partial charge in [-0.1, -0.05) is 12.1 Å². The molecule has 2 aromatic heterocycles. The molecule has 1 N–H and O–H groups in total. The molecule has 0 saturated heterocycles. The molecule has 1 amide bonds. The van der Waals surface area contributed by atoms with Crippen molar-refractivity contribution in [1.82, 2.24) is 20.1 Å². The summed E-state index contributed by atoms with van der Waals surface area (Å²) in [5, 5.41) is 6.71. The molecule has 0 unspecified atom stereocenters. The summed E-state index contributed by atoms with van der Waals surface area (Å²) in [5.74, 6) is -0.964. The average molecular weight is 448 g/mol. The number of rotatable bonds is 6. The third kappa shape index (κ3) is 5.09. The molecule has 33 heavy (non-hydrogen) atoms. The number of aromatic nitrogens is 3. The molecule has 0 aliphatic carbocycles. The number of carbonyl (C=O) groups is 1. The summed E-state index contributed by atoms with van der Waals surface area (Å²) >= 11 is 0. The fourth-order valence-electron chi connectivity index (χ4n) is 3.08. The quantitative estimate of drug-likeness (QED) is 0.483. The number of hydrogen-bond donors (Lipinski definition) is 1. The molecule has 0 radical (unpaired) electrons. The van der Waals surface area contributed by atoms with E-state index in [0.717, 1.165) is 0 Å². The number of benzene rings is 2. The zero-order valence-electron chi connectivity index (χ0n) is 17.5. The number of amides is 1. The number of para-hydroxylation sites is 1. The summed E-state index contributed by atoms with van der Waals surface area (Å²) in [6.45, 7) is 1.66. The Hall–Kier alpha value is -4.40. The lowest BCUT2D eigenvalue weighted by molar-refractivity contribution is 0.0942. The predicted octanol–water partition coefficient (Wildman–Crippen LogP) is 3.94. The van der Waals surface area contributed by atoms with Gasteiger partial charge in [0.15, 0.2) is 5.69 Å². The third-order valence-corrected chi connectivity index (χ3v) is 4.69. The van der Waals surface area contributed by atoms with Gasteiger partial charge in [-0.25, -0.2) is 18.4 Å². The van der Waals surface area contributed by atoms with E-state index in [-0.39, 0.29) is 29.6 Å². The van der Waals surface area contributed by atoms with Gasteiger partial charge < -0.3 is 10.1 Å². The maximum absolute atomic E-state index is 14.2. The molecule has 4 aromatic rings. The predicted molar refractivity (Wildman–Crippen MR) is 116 cm³/mol. The van der Waals surface area contributed by atoms with Crippen LogP contribution in [0, 0.1) is 18.6 Å². The monoisotopic (exact) mass is 448 g/mol. The van der Waals surface area contributed by atoms with Crippen LogP contribution in [0.2, 0.25) is 0 Å². The standard InChI is InChI=1S/C24H18F2N4O3/c1-15-12-21(31)23(29-30(15)20-5-3-2-4-19(20)26)24(32)28-14-16-10-11-27-22(13-16)33-18-8-6-17(25)7-9-18/h2-13H,14H2,1H3,(H,28,32). The van der Waals surface area contributed by atoms with Crippen LogP contribution in [0.25, 0.3) is 5.69 Å². The molecule has 0 spiro atoms. The van der Waals surface area contributed by atoms with E-state index in [1.54, 1.807) is 25.1 Å². The highest BCUT2D eigenvalue weighted by atomic mass is 19.1. The summed E-state index contributed by atoms with van der Waals surface area (Å²) in [6, 6.07) is 15.9. The first-order valence-electron chi connectivity index (χ1n) is 9.93.